The zero-order valence-corrected chi connectivity index (χ0v) is 16.3. The van der Waals surface area contributed by atoms with E-state index < -0.39 is 0 Å². The number of aromatic nitrogens is 3. The standard InChI is InChI=1S/C18H20ClN5OS/c1-12(2)24-6-5-15(21-24)17(25)22-7-9-23(10-8-22)18-20-14-4-3-13(19)11-16(14)26-18/h3-6,11-12H,7-10H2,1-2H3. The van der Waals surface area contributed by atoms with Gasteiger partial charge in [0.05, 0.1) is 10.2 Å². The molecule has 2 aromatic heterocycles. The molecule has 3 heterocycles. The Morgan fingerprint density at radius 2 is 1.96 bits per heavy atom. The van der Waals surface area contributed by atoms with E-state index in [2.05, 4.69) is 10.00 Å². The molecule has 1 fully saturated rings. The van der Waals surface area contributed by atoms with Gasteiger partial charge < -0.3 is 9.80 Å². The van der Waals surface area contributed by atoms with Crippen LogP contribution in [-0.2, 0) is 0 Å². The Kier molecular flexibility index (Phi) is 4.58. The number of anilines is 1. The first-order valence-corrected chi connectivity index (χ1v) is 9.86. The fraction of sp³-hybridized carbons (Fsp3) is 0.389. The van der Waals surface area contributed by atoms with Gasteiger partial charge in [-0.15, -0.1) is 0 Å². The largest absolute Gasteiger partial charge is 0.345 e. The number of piperazine rings is 1. The maximum atomic E-state index is 12.7. The molecule has 136 valence electrons. The zero-order valence-electron chi connectivity index (χ0n) is 14.7. The third-order valence-electron chi connectivity index (χ3n) is 4.53. The average Bonchev–Trinajstić information content (AvgIpc) is 3.28. The Hall–Kier alpha value is -2.12. The van der Waals surface area contributed by atoms with E-state index in [1.165, 1.54) is 0 Å². The molecule has 6 nitrogen and oxygen atoms in total. The van der Waals surface area contributed by atoms with Gasteiger partial charge in [-0.25, -0.2) is 4.98 Å². The lowest BCUT2D eigenvalue weighted by molar-refractivity contribution is 0.0739. The van der Waals surface area contributed by atoms with E-state index in [0.717, 1.165) is 33.5 Å². The minimum absolute atomic E-state index is 0.000122. The van der Waals surface area contributed by atoms with Gasteiger partial charge in [0.2, 0.25) is 0 Å². The van der Waals surface area contributed by atoms with Gasteiger partial charge in [0.25, 0.3) is 5.91 Å². The average molecular weight is 390 g/mol. The summed E-state index contributed by atoms with van der Waals surface area (Å²) in [4.78, 5) is 21.5. The normalized spacial score (nSPS) is 15.2. The van der Waals surface area contributed by atoms with Crippen LogP contribution in [0, 0.1) is 0 Å². The highest BCUT2D eigenvalue weighted by molar-refractivity contribution is 7.22. The molecule has 0 saturated carbocycles. The van der Waals surface area contributed by atoms with E-state index in [9.17, 15) is 4.79 Å². The topological polar surface area (TPSA) is 54.3 Å². The molecule has 0 radical (unpaired) electrons. The van der Waals surface area contributed by atoms with Gasteiger partial charge >= 0.3 is 0 Å². The summed E-state index contributed by atoms with van der Waals surface area (Å²) >= 11 is 7.70. The summed E-state index contributed by atoms with van der Waals surface area (Å²) in [6.07, 6.45) is 1.86. The van der Waals surface area contributed by atoms with Gasteiger partial charge in [-0.2, -0.15) is 5.10 Å². The summed E-state index contributed by atoms with van der Waals surface area (Å²) in [5.41, 5.74) is 1.48. The maximum Gasteiger partial charge on any atom is 0.274 e. The molecule has 26 heavy (non-hydrogen) atoms. The first kappa shape index (κ1) is 17.3. The fourth-order valence-electron chi connectivity index (χ4n) is 3.02. The van der Waals surface area contributed by atoms with Crippen LogP contribution in [0.15, 0.2) is 30.5 Å². The minimum atomic E-state index is 0.000122. The van der Waals surface area contributed by atoms with Crippen LogP contribution in [0.1, 0.15) is 30.4 Å². The summed E-state index contributed by atoms with van der Waals surface area (Å²) in [7, 11) is 0. The van der Waals surface area contributed by atoms with Crippen LogP contribution in [0.5, 0.6) is 0 Å². The summed E-state index contributed by atoms with van der Waals surface area (Å²) < 4.78 is 2.90. The highest BCUT2D eigenvalue weighted by atomic mass is 35.5. The number of thiazole rings is 1. The molecule has 1 aliphatic rings. The van der Waals surface area contributed by atoms with Crippen LogP contribution in [-0.4, -0.2) is 51.8 Å². The number of hydrogen-bond acceptors (Lipinski definition) is 5. The number of carbonyl (C=O) groups is 1. The second-order valence-electron chi connectivity index (χ2n) is 6.66. The highest BCUT2D eigenvalue weighted by Gasteiger charge is 2.25. The Bertz CT molecular complexity index is 942. The SMILES string of the molecule is CC(C)n1ccc(C(=O)N2CCN(c3nc4ccc(Cl)cc4s3)CC2)n1. The van der Waals surface area contributed by atoms with Gasteiger partial charge in [0, 0.05) is 43.4 Å². The van der Waals surface area contributed by atoms with E-state index >= 15 is 0 Å². The molecule has 0 unspecified atom stereocenters. The first-order valence-electron chi connectivity index (χ1n) is 8.67. The van der Waals surface area contributed by atoms with Crippen LogP contribution in [0.2, 0.25) is 5.02 Å². The Morgan fingerprint density at radius 1 is 1.19 bits per heavy atom. The number of hydrogen-bond donors (Lipinski definition) is 0. The Balaban J connectivity index is 1.43. The van der Waals surface area contributed by atoms with Crippen molar-refractivity contribution in [3.8, 4) is 0 Å². The lowest BCUT2D eigenvalue weighted by Gasteiger charge is -2.34. The quantitative estimate of drug-likeness (QED) is 0.685. The van der Waals surface area contributed by atoms with Gasteiger partial charge in [-0.3, -0.25) is 9.48 Å². The third-order valence-corrected chi connectivity index (χ3v) is 5.85. The second-order valence-corrected chi connectivity index (χ2v) is 8.11. The van der Waals surface area contributed by atoms with Crippen molar-refractivity contribution >= 4 is 44.2 Å². The van der Waals surface area contributed by atoms with Crippen molar-refractivity contribution < 1.29 is 4.79 Å². The number of halogens is 1. The summed E-state index contributed by atoms with van der Waals surface area (Å²) in [6, 6.07) is 7.80. The highest BCUT2D eigenvalue weighted by Crippen LogP contribution is 2.31. The first-order chi connectivity index (χ1) is 12.5. The number of benzene rings is 1. The molecular formula is C18H20ClN5OS. The number of rotatable bonds is 3. The van der Waals surface area contributed by atoms with Crippen LogP contribution >= 0.6 is 22.9 Å². The Labute approximate surface area is 161 Å². The summed E-state index contributed by atoms with van der Waals surface area (Å²) in [5, 5.41) is 6.10. The van der Waals surface area contributed by atoms with E-state index in [-0.39, 0.29) is 11.9 Å². The van der Waals surface area contributed by atoms with Gasteiger partial charge in [0.1, 0.15) is 5.69 Å². The molecule has 1 amide bonds. The molecule has 1 saturated heterocycles. The summed E-state index contributed by atoms with van der Waals surface area (Å²) in [6.45, 7) is 6.97. The molecular weight excluding hydrogens is 370 g/mol. The lowest BCUT2D eigenvalue weighted by Crippen LogP contribution is -2.48. The van der Waals surface area contributed by atoms with Crippen molar-refractivity contribution in [2.75, 3.05) is 31.1 Å². The van der Waals surface area contributed by atoms with Crippen LogP contribution in [0.4, 0.5) is 5.13 Å². The molecule has 4 rings (SSSR count). The fourth-order valence-corrected chi connectivity index (χ4v) is 4.32. The van der Waals surface area contributed by atoms with Crippen LogP contribution in [0.3, 0.4) is 0 Å². The molecule has 0 spiro atoms. The molecule has 0 atom stereocenters. The maximum absolute atomic E-state index is 12.7. The molecule has 8 heteroatoms. The minimum Gasteiger partial charge on any atom is -0.345 e. The predicted molar refractivity (Wildman–Crippen MR) is 105 cm³/mol. The van der Waals surface area contributed by atoms with Crippen molar-refractivity contribution in [1.29, 1.82) is 0 Å². The van der Waals surface area contributed by atoms with Crippen molar-refractivity contribution in [3.63, 3.8) is 0 Å². The molecule has 0 N–H and O–H groups in total. The van der Waals surface area contributed by atoms with Gasteiger partial charge in [0.15, 0.2) is 5.13 Å². The van der Waals surface area contributed by atoms with Gasteiger partial charge in [-0.05, 0) is 38.1 Å². The van der Waals surface area contributed by atoms with E-state index in [1.807, 2.05) is 47.8 Å². The van der Waals surface area contributed by atoms with E-state index in [4.69, 9.17) is 16.6 Å². The van der Waals surface area contributed by atoms with E-state index in [0.29, 0.717) is 18.8 Å². The number of carbonyl (C=O) groups excluding carboxylic acids is 1. The smallest absolute Gasteiger partial charge is 0.274 e. The molecule has 3 aromatic rings. The lowest BCUT2D eigenvalue weighted by atomic mass is 10.3. The summed E-state index contributed by atoms with van der Waals surface area (Å²) in [5.74, 6) is 0.000122. The predicted octanol–water partition coefficient (Wildman–Crippen LogP) is 3.69. The van der Waals surface area contributed by atoms with Crippen molar-refractivity contribution in [3.05, 3.63) is 41.2 Å². The monoisotopic (exact) mass is 389 g/mol. The molecule has 0 bridgehead atoms. The molecule has 1 aromatic carbocycles. The van der Waals surface area contributed by atoms with Crippen molar-refractivity contribution in [1.82, 2.24) is 19.7 Å². The Morgan fingerprint density at radius 3 is 2.65 bits per heavy atom. The third kappa shape index (κ3) is 3.29. The number of fused-ring (bicyclic) bond motifs is 1. The van der Waals surface area contributed by atoms with Gasteiger partial charge in [-0.1, -0.05) is 22.9 Å². The number of nitrogens with zero attached hydrogens (tertiary/aromatic N) is 5. The second kappa shape index (κ2) is 6.89. The molecule has 0 aliphatic carbocycles. The molecule has 1 aliphatic heterocycles. The van der Waals surface area contributed by atoms with Crippen LogP contribution < -0.4 is 4.90 Å². The van der Waals surface area contributed by atoms with Crippen molar-refractivity contribution in [2.45, 2.75) is 19.9 Å². The van der Waals surface area contributed by atoms with E-state index in [1.54, 1.807) is 17.4 Å². The zero-order chi connectivity index (χ0) is 18.3. The van der Waals surface area contributed by atoms with Crippen molar-refractivity contribution in [2.24, 2.45) is 0 Å². The number of amides is 1. The van der Waals surface area contributed by atoms with Crippen LogP contribution in [0.25, 0.3) is 10.2 Å².